The van der Waals surface area contributed by atoms with Gasteiger partial charge in [-0.05, 0) is 63.2 Å². The number of nitrogens with one attached hydrogen (secondary N) is 1. The van der Waals surface area contributed by atoms with Crippen molar-refractivity contribution in [1.29, 1.82) is 0 Å². The first-order valence-corrected chi connectivity index (χ1v) is 10.4. The fraction of sp³-hybridized carbons (Fsp3) is 0.667. The first-order valence-electron chi connectivity index (χ1n) is 9.98. The standard InChI is InChI=1S/C21H32ClN3O.2ClH/c1-21(23)11-5-4-7-18(21)20(26)24-14-16-9-12-25(13-10-16)15-17-6-2-3-8-19(17)22;;/h2-3,6,8,16,18H,4-5,7,9-15,23H2,1H3,(H,24,26);2*1H. The zero-order valence-corrected chi connectivity index (χ0v) is 19.1. The smallest absolute Gasteiger partial charge is 0.224 e. The van der Waals surface area contributed by atoms with Gasteiger partial charge in [0.05, 0.1) is 5.92 Å². The number of likely N-dealkylation sites (tertiary alicyclic amines) is 1. The SMILES string of the molecule is CC1(N)CCCCC1C(=O)NCC1CCN(Cc2ccccc2Cl)CC1.Cl.Cl. The lowest BCUT2D eigenvalue weighted by atomic mass is 9.74. The van der Waals surface area contributed by atoms with Crippen LogP contribution in [0.4, 0.5) is 0 Å². The molecular formula is C21H34Cl3N3O. The van der Waals surface area contributed by atoms with E-state index in [1.807, 2.05) is 25.1 Å². The molecule has 2 fully saturated rings. The van der Waals surface area contributed by atoms with Gasteiger partial charge in [-0.15, -0.1) is 24.8 Å². The summed E-state index contributed by atoms with van der Waals surface area (Å²) in [5.41, 5.74) is 7.21. The monoisotopic (exact) mass is 449 g/mol. The van der Waals surface area contributed by atoms with Crippen LogP contribution >= 0.6 is 36.4 Å². The van der Waals surface area contributed by atoms with E-state index >= 15 is 0 Å². The molecule has 0 aromatic heterocycles. The number of hydrogen-bond acceptors (Lipinski definition) is 3. The predicted molar refractivity (Wildman–Crippen MR) is 122 cm³/mol. The van der Waals surface area contributed by atoms with E-state index in [-0.39, 0.29) is 42.2 Å². The van der Waals surface area contributed by atoms with Gasteiger partial charge in [-0.1, -0.05) is 42.6 Å². The molecular weight excluding hydrogens is 417 g/mol. The molecule has 160 valence electrons. The number of carbonyl (C=O) groups excluding carboxylic acids is 1. The van der Waals surface area contributed by atoms with Gasteiger partial charge in [-0.25, -0.2) is 0 Å². The van der Waals surface area contributed by atoms with E-state index in [1.54, 1.807) is 0 Å². The molecule has 2 atom stereocenters. The predicted octanol–water partition coefficient (Wildman–Crippen LogP) is 4.42. The molecule has 0 bridgehead atoms. The van der Waals surface area contributed by atoms with Crippen LogP contribution in [0, 0.1) is 11.8 Å². The Balaban J connectivity index is 0.00000196. The summed E-state index contributed by atoms with van der Waals surface area (Å²) < 4.78 is 0. The van der Waals surface area contributed by atoms with E-state index in [1.165, 1.54) is 5.56 Å². The average molecular weight is 451 g/mol. The minimum atomic E-state index is -0.347. The summed E-state index contributed by atoms with van der Waals surface area (Å²) in [7, 11) is 0. The largest absolute Gasteiger partial charge is 0.356 e. The summed E-state index contributed by atoms with van der Waals surface area (Å²) >= 11 is 6.27. The maximum atomic E-state index is 12.6. The number of benzene rings is 1. The van der Waals surface area contributed by atoms with Crippen molar-refractivity contribution in [2.24, 2.45) is 17.6 Å². The summed E-state index contributed by atoms with van der Waals surface area (Å²) in [4.78, 5) is 15.0. The van der Waals surface area contributed by atoms with Gasteiger partial charge in [0.15, 0.2) is 0 Å². The Hall–Kier alpha value is -0.520. The molecule has 2 aliphatic rings. The maximum Gasteiger partial charge on any atom is 0.224 e. The van der Waals surface area contributed by atoms with E-state index in [2.05, 4.69) is 16.3 Å². The highest BCUT2D eigenvalue weighted by Gasteiger charge is 2.37. The fourth-order valence-electron chi connectivity index (χ4n) is 4.37. The van der Waals surface area contributed by atoms with Crippen molar-refractivity contribution in [3.63, 3.8) is 0 Å². The molecule has 4 nitrogen and oxygen atoms in total. The highest BCUT2D eigenvalue weighted by Crippen LogP contribution is 2.31. The second-order valence-corrected chi connectivity index (χ2v) is 8.77. The Morgan fingerprint density at radius 3 is 2.54 bits per heavy atom. The Kier molecular flexibility index (Phi) is 10.6. The summed E-state index contributed by atoms with van der Waals surface area (Å²) in [6, 6.07) is 8.07. The second-order valence-electron chi connectivity index (χ2n) is 8.36. The molecule has 0 spiro atoms. The van der Waals surface area contributed by atoms with E-state index in [0.29, 0.717) is 5.92 Å². The maximum absolute atomic E-state index is 12.6. The van der Waals surface area contributed by atoms with E-state index in [0.717, 1.165) is 69.7 Å². The van der Waals surface area contributed by atoms with Crippen LogP contribution in [-0.4, -0.2) is 36.0 Å². The van der Waals surface area contributed by atoms with Crippen LogP contribution in [0.1, 0.15) is 51.0 Å². The number of halogens is 3. The van der Waals surface area contributed by atoms with Crippen molar-refractivity contribution in [3.05, 3.63) is 34.9 Å². The summed E-state index contributed by atoms with van der Waals surface area (Å²) in [5, 5.41) is 4.04. The highest BCUT2D eigenvalue weighted by molar-refractivity contribution is 6.31. The molecule has 2 unspecified atom stereocenters. The molecule has 1 heterocycles. The molecule has 1 amide bonds. The Bertz CT molecular complexity index is 619. The minimum Gasteiger partial charge on any atom is -0.356 e. The first-order chi connectivity index (χ1) is 12.5. The summed E-state index contributed by atoms with van der Waals surface area (Å²) in [6.45, 7) is 5.84. The number of amides is 1. The molecule has 28 heavy (non-hydrogen) atoms. The van der Waals surface area contributed by atoms with Gasteiger partial charge in [-0.2, -0.15) is 0 Å². The van der Waals surface area contributed by atoms with E-state index in [9.17, 15) is 4.79 Å². The van der Waals surface area contributed by atoms with Crippen molar-refractivity contribution < 1.29 is 4.79 Å². The zero-order chi connectivity index (χ0) is 18.6. The summed E-state index contributed by atoms with van der Waals surface area (Å²) in [6.07, 6.45) is 6.37. The average Bonchev–Trinajstić information content (AvgIpc) is 2.62. The molecule has 1 saturated carbocycles. The molecule has 1 saturated heterocycles. The number of carbonyl (C=O) groups is 1. The van der Waals surface area contributed by atoms with Gasteiger partial charge >= 0.3 is 0 Å². The van der Waals surface area contributed by atoms with Gasteiger partial charge in [-0.3, -0.25) is 9.69 Å². The number of nitrogens with two attached hydrogens (primary N) is 1. The third-order valence-corrected chi connectivity index (χ3v) is 6.56. The lowest BCUT2D eigenvalue weighted by molar-refractivity contribution is -0.128. The first kappa shape index (κ1) is 25.5. The number of hydrogen-bond donors (Lipinski definition) is 2. The molecule has 1 aliphatic carbocycles. The number of nitrogens with zero attached hydrogens (tertiary/aromatic N) is 1. The lowest BCUT2D eigenvalue weighted by Crippen LogP contribution is -2.53. The molecule has 0 radical (unpaired) electrons. The van der Waals surface area contributed by atoms with Gasteiger partial charge in [0, 0.05) is 23.7 Å². The highest BCUT2D eigenvalue weighted by atomic mass is 35.5. The topological polar surface area (TPSA) is 58.4 Å². The third kappa shape index (κ3) is 6.77. The molecule has 3 rings (SSSR count). The van der Waals surface area contributed by atoms with Crippen LogP contribution in [0.5, 0.6) is 0 Å². The van der Waals surface area contributed by atoms with E-state index < -0.39 is 0 Å². The third-order valence-electron chi connectivity index (χ3n) is 6.19. The lowest BCUT2D eigenvalue weighted by Gasteiger charge is -2.38. The summed E-state index contributed by atoms with van der Waals surface area (Å²) in [5.74, 6) is 0.693. The van der Waals surface area contributed by atoms with Crippen LogP contribution in [0.2, 0.25) is 5.02 Å². The Morgan fingerprint density at radius 2 is 1.89 bits per heavy atom. The van der Waals surface area contributed by atoms with Gasteiger partial charge in [0.25, 0.3) is 0 Å². The number of piperidine rings is 1. The molecule has 1 aliphatic heterocycles. The van der Waals surface area contributed by atoms with Crippen LogP contribution in [0.25, 0.3) is 0 Å². The second kappa shape index (κ2) is 11.6. The van der Waals surface area contributed by atoms with Crippen molar-refractivity contribution in [1.82, 2.24) is 10.2 Å². The van der Waals surface area contributed by atoms with Gasteiger partial charge in [0.2, 0.25) is 5.91 Å². The van der Waals surface area contributed by atoms with E-state index in [4.69, 9.17) is 17.3 Å². The molecule has 1 aromatic carbocycles. The quantitative estimate of drug-likeness (QED) is 0.698. The van der Waals surface area contributed by atoms with Gasteiger partial charge in [0.1, 0.15) is 0 Å². The van der Waals surface area contributed by atoms with Gasteiger partial charge < -0.3 is 11.1 Å². The van der Waals surface area contributed by atoms with Crippen molar-refractivity contribution in [2.45, 2.75) is 57.5 Å². The van der Waals surface area contributed by atoms with Crippen LogP contribution in [-0.2, 0) is 11.3 Å². The van der Waals surface area contributed by atoms with Crippen LogP contribution in [0.3, 0.4) is 0 Å². The van der Waals surface area contributed by atoms with Crippen LogP contribution in [0.15, 0.2) is 24.3 Å². The normalized spacial score (nSPS) is 26.0. The number of rotatable bonds is 5. The zero-order valence-electron chi connectivity index (χ0n) is 16.7. The molecule has 3 N–H and O–H groups in total. The molecule has 7 heteroatoms. The van der Waals surface area contributed by atoms with Crippen molar-refractivity contribution in [3.8, 4) is 0 Å². The van der Waals surface area contributed by atoms with Crippen molar-refractivity contribution >= 4 is 42.3 Å². The van der Waals surface area contributed by atoms with Crippen LogP contribution < -0.4 is 11.1 Å². The fourth-order valence-corrected chi connectivity index (χ4v) is 4.57. The Labute approximate surface area is 186 Å². The van der Waals surface area contributed by atoms with Crippen molar-refractivity contribution in [2.75, 3.05) is 19.6 Å². The minimum absolute atomic E-state index is 0. The Morgan fingerprint density at radius 1 is 1.21 bits per heavy atom. The molecule has 1 aromatic rings.